The molecule has 1 heterocycles. The van der Waals surface area contributed by atoms with Gasteiger partial charge in [0.05, 0.1) is 12.6 Å². The number of aromatic nitrogens is 1. The molecule has 0 aliphatic heterocycles. The first-order valence-electron chi connectivity index (χ1n) is 9.78. The zero-order valence-corrected chi connectivity index (χ0v) is 18.1. The van der Waals surface area contributed by atoms with E-state index in [4.69, 9.17) is 5.73 Å². The van der Waals surface area contributed by atoms with Crippen LogP contribution in [0.25, 0.3) is 11.3 Å². The Hall–Kier alpha value is -3.18. The van der Waals surface area contributed by atoms with Gasteiger partial charge < -0.3 is 21.4 Å². The molecule has 0 radical (unpaired) electrons. The minimum Gasteiger partial charge on any atom is -0.390 e. The molecule has 0 saturated carbocycles. The van der Waals surface area contributed by atoms with Gasteiger partial charge in [-0.05, 0) is 30.5 Å². The number of benzene rings is 1. The molecule has 168 valence electrons. The van der Waals surface area contributed by atoms with E-state index in [-0.39, 0.29) is 13.1 Å². The van der Waals surface area contributed by atoms with Gasteiger partial charge in [0, 0.05) is 25.3 Å². The fraction of sp³-hybridized carbons (Fsp3) is 0.350. The molecule has 0 fully saturated rings. The van der Waals surface area contributed by atoms with E-state index in [9.17, 15) is 18.0 Å². The molecule has 1 unspecified atom stereocenters. The van der Waals surface area contributed by atoms with Crippen LogP contribution in [0.3, 0.4) is 0 Å². The largest absolute Gasteiger partial charge is 0.390 e. The van der Waals surface area contributed by atoms with Crippen molar-refractivity contribution in [2.45, 2.75) is 18.9 Å². The summed E-state index contributed by atoms with van der Waals surface area (Å²) in [7, 11) is -3.34. The number of hydrogen-bond acceptors (Lipinski definition) is 5. The molecule has 0 aliphatic carbocycles. The Morgan fingerprint density at radius 3 is 2.58 bits per heavy atom. The average Bonchev–Trinajstić information content (AvgIpc) is 3.23. The number of carbonyl (C=O) groups is 2. The molecular weight excluding hydrogens is 420 g/mol. The number of aromatic amines is 1. The average molecular weight is 449 g/mol. The zero-order valence-electron chi connectivity index (χ0n) is 17.3. The first kappa shape index (κ1) is 24.1. The van der Waals surface area contributed by atoms with Crippen LogP contribution in [0.15, 0.2) is 47.5 Å². The quantitative estimate of drug-likeness (QED) is 0.178. The summed E-state index contributed by atoms with van der Waals surface area (Å²) in [4.78, 5) is 32.2. The van der Waals surface area contributed by atoms with Crippen LogP contribution in [0, 0.1) is 0 Å². The Labute approximate surface area is 181 Å². The molecule has 6 N–H and O–H groups in total. The van der Waals surface area contributed by atoms with Gasteiger partial charge in [-0.3, -0.25) is 14.6 Å². The third kappa shape index (κ3) is 8.60. The van der Waals surface area contributed by atoms with Crippen molar-refractivity contribution in [2.75, 3.05) is 25.9 Å². The summed E-state index contributed by atoms with van der Waals surface area (Å²) < 4.78 is 24.5. The van der Waals surface area contributed by atoms with Crippen LogP contribution in [0.1, 0.15) is 23.3 Å². The minimum absolute atomic E-state index is 0.0553. The number of sulfonamides is 1. The van der Waals surface area contributed by atoms with E-state index in [1.54, 1.807) is 12.1 Å². The number of H-pyrrole nitrogens is 1. The topological polar surface area (TPSA) is 159 Å². The number of aliphatic imine (C=N–C) groups is 1. The van der Waals surface area contributed by atoms with Gasteiger partial charge in [0.15, 0.2) is 0 Å². The Bertz CT molecular complexity index is 988. The van der Waals surface area contributed by atoms with Gasteiger partial charge >= 0.3 is 0 Å². The fourth-order valence-corrected chi connectivity index (χ4v) is 3.30. The van der Waals surface area contributed by atoms with Gasteiger partial charge in [0.25, 0.3) is 5.91 Å². The van der Waals surface area contributed by atoms with E-state index < -0.39 is 27.9 Å². The summed E-state index contributed by atoms with van der Waals surface area (Å²) >= 11 is 0. The summed E-state index contributed by atoms with van der Waals surface area (Å²) in [5.41, 5.74) is 7.28. The van der Waals surface area contributed by atoms with Crippen molar-refractivity contribution in [3.63, 3.8) is 0 Å². The third-order valence-electron chi connectivity index (χ3n) is 4.31. The number of rotatable bonds is 12. The lowest BCUT2D eigenvalue weighted by molar-refractivity contribution is -0.123. The van der Waals surface area contributed by atoms with Crippen LogP contribution in [0.2, 0.25) is 0 Å². The molecule has 2 rings (SSSR count). The van der Waals surface area contributed by atoms with Crippen LogP contribution < -0.4 is 21.1 Å². The highest BCUT2D eigenvalue weighted by molar-refractivity contribution is 7.88. The van der Waals surface area contributed by atoms with Crippen molar-refractivity contribution in [1.82, 2.24) is 20.3 Å². The third-order valence-corrected chi connectivity index (χ3v) is 5.04. The van der Waals surface area contributed by atoms with Crippen molar-refractivity contribution in [3.05, 3.63) is 48.2 Å². The summed E-state index contributed by atoms with van der Waals surface area (Å²) in [6.07, 6.45) is 3.11. The molecule has 2 aromatic rings. The Balaban J connectivity index is 1.99. The van der Waals surface area contributed by atoms with E-state index in [0.29, 0.717) is 25.1 Å². The number of nitrogens with one attached hydrogen (secondary N) is 4. The van der Waals surface area contributed by atoms with Gasteiger partial charge in [-0.2, -0.15) is 0 Å². The lowest BCUT2D eigenvalue weighted by atomic mass is 10.1. The number of amides is 2. The van der Waals surface area contributed by atoms with Gasteiger partial charge in [-0.25, -0.2) is 13.1 Å². The number of hydrogen-bond donors (Lipinski definition) is 5. The molecule has 0 spiro atoms. The monoisotopic (exact) mass is 448 g/mol. The SMILES string of the molecule is CS(=O)(=O)NCCNC(=O)C(CCCN=CN)NC(=O)c1ccc(-c2ccccc2)[nH]1. The van der Waals surface area contributed by atoms with Gasteiger partial charge in [-0.15, -0.1) is 0 Å². The highest BCUT2D eigenvalue weighted by Crippen LogP contribution is 2.18. The lowest BCUT2D eigenvalue weighted by Gasteiger charge is -2.18. The second-order valence-electron chi connectivity index (χ2n) is 6.83. The lowest BCUT2D eigenvalue weighted by Crippen LogP contribution is -2.48. The molecule has 10 nitrogen and oxygen atoms in total. The van der Waals surface area contributed by atoms with Gasteiger partial charge in [0.1, 0.15) is 11.7 Å². The smallest absolute Gasteiger partial charge is 0.268 e. The molecule has 0 saturated heterocycles. The summed E-state index contributed by atoms with van der Waals surface area (Å²) in [6.45, 7) is 0.575. The van der Waals surface area contributed by atoms with Crippen molar-refractivity contribution in [3.8, 4) is 11.3 Å². The van der Waals surface area contributed by atoms with Crippen molar-refractivity contribution in [1.29, 1.82) is 0 Å². The second-order valence-corrected chi connectivity index (χ2v) is 8.67. The molecule has 0 aliphatic rings. The molecular formula is C20H28N6O4S. The summed E-state index contributed by atoms with van der Waals surface area (Å²) in [5.74, 6) is -0.825. The zero-order chi connectivity index (χ0) is 22.7. The molecule has 2 amide bonds. The molecule has 1 aromatic heterocycles. The normalized spacial score (nSPS) is 12.5. The Morgan fingerprint density at radius 1 is 1.16 bits per heavy atom. The summed E-state index contributed by atoms with van der Waals surface area (Å²) in [5, 5.41) is 5.36. The number of nitrogens with two attached hydrogens (primary N) is 1. The van der Waals surface area contributed by atoms with Crippen LogP contribution in [0.4, 0.5) is 0 Å². The predicted molar refractivity (Wildman–Crippen MR) is 120 cm³/mol. The Kier molecular flexibility index (Phi) is 9.22. The highest BCUT2D eigenvalue weighted by atomic mass is 32.2. The van der Waals surface area contributed by atoms with E-state index in [1.807, 2.05) is 30.3 Å². The number of nitrogens with zero attached hydrogens (tertiary/aromatic N) is 1. The van der Waals surface area contributed by atoms with Crippen LogP contribution in [0.5, 0.6) is 0 Å². The van der Waals surface area contributed by atoms with E-state index >= 15 is 0 Å². The number of carbonyl (C=O) groups excluding carboxylic acids is 2. The van der Waals surface area contributed by atoms with Crippen LogP contribution >= 0.6 is 0 Å². The first-order valence-corrected chi connectivity index (χ1v) is 11.7. The first-order chi connectivity index (χ1) is 14.8. The predicted octanol–water partition coefficient (Wildman–Crippen LogP) is 0.213. The van der Waals surface area contributed by atoms with E-state index in [1.165, 1.54) is 6.34 Å². The van der Waals surface area contributed by atoms with Crippen LogP contribution in [-0.4, -0.2) is 63.5 Å². The minimum atomic E-state index is -3.34. The maximum Gasteiger partial charge on any atom is 0.268 e. The van der Waals surface area contributed by atoms with E-state index in [2.05, 4.69) is 25.3 Å². The maximum atomic E-state index is 12.7. The Morgan fingerprint density at radius 2 is 1.90 bits per heavy atom. The summed E-state index contributed by atoms with van der Waals surface area (Å²) in [6, 6.07) is 12.2. The highest BCUT2D eigenvalue weighted by Gasteiger charge is 2.21. The van der Waals surface area contributed by atoms with Gasteiger partial charge in [0.2, 0.25) is 15.9 Å². The molecule has 11 heteroatoms. The van der Waals surface area contributed by atoms with Crippen molar-refractivity contribution < 1.29 is 18.0 Å². The van der Waals surface area contributed by atoms with Crippen molar-refractivity contribution in [2.24, 2.45) is 10.7 Å². The van der Waals surface area contributed by atoms with Crippen molar-refractivity contribution >= 4 is 28.2 Å². The standard InChI is InChI=1S/C20H28N6O4S/c1-31(29,30)24-13-12-23-19(27)17(8-5-11-22-14-21)26-20(28)18-10-9-16(25-18)15-6-3-2-4-7-15/h2-4,6-7,9-10,14,17,24-25H,5,8,11-13H2,1H3,(H2,21,22)(H,23,27)(H,26,28). The van der Waals surface area contributed by atoms with Crippen LogP contribution in [-0.2, 0) is 14.8 Å². The molecule has 1 atom stereocenters. The molecule has 0 bridgehead atoms. The van der Waals surface area contributed by atoms with E-state index in [0.717, 1.165) is 17.5 Å². The molecule has 31 heavy (non-hydrogen) atoms. The second kappa shape index (κ2) is 11.9. The fourth-order valence-electron chi connectivity index (χ4n) is 2.83. The molecule has 1 aromatic carbocycles. The maximum absolute atomic E-state index is 12.7. The van der Waals surface area contributed by atoms with Gasteiger partial charge in [-0.1, -0.05) is 30.3 Å².